The Bertz CT molecular complexity index is 491. The number of hydrogen-bond acceptors (Lipinski definition) is 4. The van der Waals surface area contributed by atoms with E-state index < -0.39 is 5.41 Å². The van der Waals surface area contributed by atoms with Gasteiger partial charge < -0.3 is 15.2 Å². The number of carbonyl (C=O) groups excluding carboxylic acids is 1. The molecule has 1 aromatic rings. The van der Waals surface area contributed by atoms with Gasteiger partial charge in [-0.1, -0.05) is 25.7 Å². The smallest absolute Gasteiger partial charge is 0.174 e. The van der Waals surface area contributed by atoms with E-state index in [1.807, 2.05) is 0 Å². The van der Waals surface area contributed by atoms with E-state index >= 15 is 0 Å². The molecule has 4 nitrogen and oxygen atoms in total. The number of ketones is 1. The largest absolute Gasteiger partial charge is 0.497 e. The van der Waals surface area contributed by atoms with Gasteiger partial charge in [0.25, 0.3) is 0 Å². The quantitative estimate of drug-likeness (QED) is 0.668. The first-order chi connectivity index (χ1) is 10.2. The van der Waals surface area contributed by atoms with Crippen molar-refractivity contribution in [3.05, 3.63) is 23.8 Å². The van der Waals surface area contributed by atoms with Crippen LogP contribution in [0.1, 0.15) is 48.9 Å². The molecule has 1 saturated carbocycles. The van der Waals surface area contributed by atoms with Crippen LogP contribution in [0.25, 0.3) is 0 Å². The Hall–Kier alpha value is -1.55. The summed E-state index contributed by atoms with van der Waals surface area (Å²) in [7, 11) is 3.18. The molecule has 2 rings (SSSR count). The van der Waals surface area contributed by atoms with Crippen molar-refractivity contribution in [1.29, 1.82) is 0 Å². The Morgan fingerprint density at radius 3 is 2.33 bits per heavy atom. The van der Waals surface area contributed by atoms with Gasteiger partial charge in [0.2, 0.25) is 0 Å². The van der Waals surface area contributed by atoms with E-state index in [0.717, 1.165) is 25.7 Å². The lowest BCUT2D eigenvalue weighted by Gasteiger charge is -2.30. The third-order valence-electron chi connectivity index (χ3n) is 4.58. The van der Waals surface area contributed by atoms with E-state index in [2.05, 4.69) is 0 Å². The molecule has 0 unspecified atom stereocenters. The van der Waals surface area contributed by atoms with Crippen molar-refractivity contribution in [2.75, 3.05) is 20.8 Å². The van der Waals surface area contributed by atoms with Crippen LogP contribution in [0.15, 0.2) is 18.2 Å². The number of methoxy groups -OCH3 is 2. The van der Waals surface area contributed by atoms with Crippen LogP contribution in [0.4, 0.5) is 0 Å². The minimum atomic E-state index is -0.448. The molecule has 0 bridgehead atoms. The van der Waals surface area contributed by atoms with Crippen LogP contribution in [0.3, 0.4) is 0 Å². The van der Waals surface area contributed by atoms with Gasteiger partial charge >= 0.3 is 0 Å². The van der Waals surface area contributed by atoms with E-state index in [-0.39, 0.29) is 5.78 Å². The monoisotopic (exact) mass is 291 g/mol. The molecule has 1 fully saturated rings. The normalized spacial score (nSPS) is 17.9. The molecule has 1 aliphatic carbocycles. The van der Waals surface area contributed by atoms with Crippen LogP contribution in [0, 0.1) is 5.41 Å². The third-order valence-corrected chi connectivity index (χ3v) is 4.58. The lowest BCUT2D eigenvalue weighted by atomic mass is 9.74. The highest BCUT2D eigenvalue weighted by molar-refractivity contribution is 6.03. The molecule has 116 valence electrons. The topological polar surface area (TPSA) is 61.5 Å². The maximum Gasteiger partial charge on any atom is 0.174 e. The molecule has 0 amide bonds. The van der Waals surface area contributed by atoms with Crippen LogP contribution in [-0.4, -0.2) is 26.5 Å². The standard InChI is InChI=1S/C17H25NO3/c1-20-13-7-8-15(21-2)14(11-13)16(19)17(12-18)9-5-3-4-6-10-17/h7-8,11H,3-6,9-10,12,18H2,1-2H3. The fourth-order valence-corrected chi connectivity index (χ4v) is 3.21. The zero-order chi connectivity index (χ0) is 15.3. The Kier molecular flexibility index (Phi) is 5.23. The van der Waals surface area contributed by atoms with Crippen LogP contribution in [-0.2, 0) is 0 Å². The van der Waals surface area contributed by atoms with Crippen molar-refractivity contribution in [2.45, 2.75) is 38.5 Å². The zero-order valence-electron chi connectivity index (χ0n) is 13.0. The minimum Gasteiger partial charge on any atom is -0.497 e. The molecule has 0 saturated heterocycles. The Labute approximate surface area is 126 Å². The number of benzene rings is 1. The summed E-state index contributed by atoms with van der Waals surface area (Å²) in [6.07, 6.45) is 6.23. The van der Waals surface area contributed by atoms with Gasteiger partial charge in [-0.25, -0.2) is 0 Å². The van der Waals surface area contributed by atoms with Gasteiger partial charge in [-0.15, -0.1) is 0 Å². The number of ether oxygens (including phenoxy) is 2. The summed E-state index contributed by atoms with van der Waals surface area (Å²) in [6.45, 7) is 0.395. The predicted molar refractivity (Wildman–Crippen MR) is 83.1 cm³/mol. The first-order valence-electron chi connectivity index (χ1n) is 7.64. The highest BCUT2D eigenvalue weighted by Crippen LogP contribution is 2.39. The van der Waals surface area contributed by atoms with Gasteiger partial charge in [-0.3, -0.25) is 4.79 Å². The highest BCUT2D eigenvalue weighted by atomic mass is 16.5. The van der Waals surface area contributed by atoms with Crippen molar-refractivity contribution in [3.63, 3.8) is 0 Å². The maximum atomic E-state index is 13.1. The molecule has 0 spiro atoms. The Balaban J connectivity index is 2.40. The lowest BCUT2D eigenvalue weighted by Crippen LogP contribution is -2.38. The maximum absolute atomic E-state index is 13.1. The Morgan fingerprint density at radius 1 is 1.14 bits per heavy atom. The number of nitrogens with two attached hydrogens (primary N) is 1. The third kappa shape index (κ3) is 3.21. The number of hydrogen-bond donors (Lipinski definition) is 1. The second-order valence-electron chi connectivity index (χ2n) is 5.79. The first kappa shape index (κ1) is 15.8. The second-order valence-corrected chi connectivity index (χ2v) is 5.79. The number of carbonyl (C=O) groups is 1. The zero-order valence-corrected chi connectivity index (χ0v) is 13.0. The van der Waals surface area contributed by atoms with Gasteiger partial charge in [-0.2, -0.15) is 0 Å². The molecule has 1 aromatic carbocycles. The van der Waals surface area contributed by atoms with Crippen LogP contribution in [0.2, 0.25) is 0 Å². The van der Waals surface area contributed by atoms with E-state index in [4.69, 9.17) is 15.2 Å². The molecule has 0 aliphatic heterocycles. The minimum absolute atomic E-state index is 0.0997. The summed E-state index contributed by atoms with van der Waals surface area (Å²) >= 11 is 0. The molecule has 0 aromatic heterocycles. The summed E-state index contributed by atoms with van der Waals surface area (Å²) in [5.74, 6) is 1.36. The summed E-state index contributed by atoms with van der Waals surface area (Å²) in [4.78, 5) is 13.1. The SMILES string of the molecule is COc1ccc(OC)c(C(=O)C2(CN)CCCCCC2)c1. The van der Waals surface area contributed by atoms with E-state index in [0.29, 0.717) is 23.6 Å². The number of Topliss-reactive ketones (excluding diaryl/α,β-unsaturated/α-hetero) is 1. The first-order valence-corrected chi connectivity index (χ1v) is 7.64. The van der Waals surface area contributed by atoms with Crippen LogP contribution in [0.5, 0.6) is 11.5 Å². The van der Waals surface area contributed by atoms with Crippen LogP contribution < -0.4 is 15.2 Å². The molecule has 0 atom stereocenters. The van der Waals surface area contributed by atoms with Crippen molar-refractivity contribution in [1.82, 2.24) is 0 Å². The molecular weight excluding hydrogens is 266 g/mol. The predicted octanol–water partition coefficient (Wildman–Crippen LogP) is 3.19. The average Bonchev–Trinajstić information content (AvgIpc) is 2.80. The molecule has 0 radical (unpaired) electrons. The van der Waals surface area contributed by atoms with Crippen molar-refractivity contribution in [3.8, 4) is 11.5 Å². The van der Waals surface area contributed by atoms with E-state index in [9.17, 15) is 4.79 Å². The van der Waals surface area contributed by atoms with Gasteiger partial charge in [0.15, 0.2) is 5.78 Å². The van der Waals surface area contributed by atoms with E-state index in [1.54, 1.807) is 32.4 Å². The fraction of sp³-hybridized carbons (Fsp3) is 0.588. The average molecular weight is 291 g/mol. The molecule has 21 heavy (non-hydrogen) atoms. The Morgan fingerprint density at radius 2 is 1.81 bits per heavy atom. The lowest BCUT2D eigenvalue weighted by molar-refractivity contribution is 0.0770. The van der Waals surface area contributed by atoms with Gasteiger partial charge in [0, 0.05) is 12.0 Å². The van der Waals surface area contributed by atoms with E-state index in [1.165, 1.54) is 12.8 Å². The summed E-state index contributed by atoms with van der Waals surface area (Å²) in [6, 6.07) is 5.36. The summed E-state index contributed by atoms with van der Waals surface area (Å²) in [5.41, 5.74) is 6.15. The molecular formula is C17H25NO3. The van der Waals surface area contributed by atoms with Gasteiger partial charge in [0.1, 0.15) is 11.5 Å². The van der Waals surface area contributed by atoms with Crippen molar-refractivity contribution in [2.24, 2.45) is 11.1 Å². The molecule has 4 heteroatoms. The summed E-state index contributed by atoms with van der Waals surface area (Å²) in [5, 5.41) is 0. The van der Waals surface area contributed by atoms with Gasteiger partial charge in [0.05, 0.1) is 19.8 Å². The van der Waals surface area contributed by atoms with Crippen molar-refractivity contribution >= 4 is 5.78 Å². The fourth-order valence-electron chi connectivity index (χ4n) is 3.21. The molecule has 1 aliphatic rings. The molecule has 0 heterocycles. The molecule has 2 N–H and O–H groups in total. The summed E-state index contributed by atoms with van der Waals surface area (Å²) < 4.78 is 10.6. The van der Waals surface area contributed by atoms with Gasteiger partial charge in [-0.05, 0) is 31.0 Å². The van der Waals surface area contributed by atoms with Crippen LogP contribution >= 0.6 is 0 Å². The second kappa shape index (κ2) is 6.94. The van der Waals surface area contributed by atoms with Crippen molar-refractivity contribution < 1.29 is 14.3 Å². The number of rotatable bonds is 5. The highest BCUT2D eigenvalue weighted by Gasteiger charge is 2.39.